The number of nitrogens with one attached hydrogen (secondary N) is 3. The fourth-order valence-corrected chi connectivity index (χ4v) is 2.28. The van der Waals surface area contributed by atoms with Crippen LogP contribution in [0.25, 0.3) is 0 Å². The summed E-state index contributed by atoms with van der Waals surface area (Å²) in [6.45, 7) is 7.55. The largest absolute Gasteiger partial charge is 0.493 e. The molecular weight excluding hydrogens is 350 g/mol. The summed E-state index contributed by atoms with van der Waals surface area (Å²) in [5.41, 5.74) is 4.98. The lowest BCUT2D eigenvalue weighted by Gasteiger charge is -2.21. The molecule has 0 aliphatic heterocycles. The van der Waals surface area contributed by atoms with Crippen LogP contribution in [-0.2, 0) is 9.59 Å². The Morgan fingerprint density at radius 2 is 1.81 bits per heavy atom. The molecule has 1 aromatic carbocycles. The summed E-state index contributed by atoms with van der Waals surface area (Å²) in [7, 11) is 1.49. The highest BCUT2D eigenvalue weighted by atomic mass is 16.5. The first kappa shape index (κ1) is 22.3. The van der Waals surface area contributed by atoms with Gasteiger partial charge in [-0.05, 0) is 30.5 Å². The van der Waals surface area contributed by atoms with Crippen molar-refractivity contribution in [2.24, 2.45) is 5.92 Å². The minimum atomic E-state index is -0.744. The lowest BCUT2D eigenvalue weighted by atomic mass is 10.0. The summed E-state index contributed by atoms with van der Waals surface area (Å²) >= 11 is 0. The molecule has 0 spiro atoms. The van der Waals surface area contributed by atoms with Crippen molar-refractivity contribution < 1.29 is 23.9 Å². The van der Waals surface area contributed by atoms with Crippen molar-refractivity contribution in [3.05, 3.63) is 23.8 Å². The van der Waals surface area contributed by atoms with Gasteiger partial charge in [0, 0.05) is 12.5 Å². The predicted octanol–water partition coefficient (Wildman–Crippen LogP) is 1.80. The lowest BCUT2D eigenvalue weighted by Crippen LogP contribution is -2.54. The Balaban J connectivity index is 2.73. The van der Waals surface area contributed by atoms with Crippen LogP contribution in [0, 0.1) is 5.92 Å². The van der Waals surface area contributed by atoms with Crippen molar-refractivity contribution in [2.75, 3.05) is 13.7 Å². The van der Waals surface area contributed by atoms with Gasteiger partial charge in [-0.2, -0.15) is 0 Å². The van der Waals surface area contributed by atoms with Crippen molar-refractivity contribution in [2.45, 2.75) is 46.6 Å². The summed E-state index contributed by atoms with van der Waals surface area (Å²) in [5, 5.41) is 2.55. The van der Waals surface area contributed by atoms with Crippen molar-refractivity contribution in [3.8, 4) is 11.5 Å². The fraction of sp³-hybridized carbons (Fsp3) is 0.526. The molecule has 0 unspecified atom stereocenters. The standard InChI is InChI=1S/C19H29N3O5/c1-6-7-10-27-15-9-8-14(11-16(15)26-5)18(24)21-22-19(25)17(12(2)3)20-13(4)23/h8-9,11-12,17H,6-7,10H2,1-5H3,(H,20,23)(H,21,24)(H,22,25)/t17-/m1/s1. The second-order valence-electron chi connectivity index (χ2n) is 6.43. The third-order valence-electron chi connectivity index (χ3n) is 3.79. The number of methoxy groups -OCH3 is 1. The fourth-order valence-electron chi connectivity index (χ4n) is 2.28. The van der Waals surface area contributed by atoms with Gasteiger partial charge >= 0.3 is 0 Å². The molecule has 3 amide bonds. The molecule has 8 nitrogen and oxygen atoms in total. The van der Waals surface area contributed by atoms with Crippen molar-refractivity contribution in [1.82, 2.24) is 16.2 Å². The van der Waals surface area contributed by atoms with Crippen LogP contribution in [0.2, 0.25) is 0 Å². The number of benzene rings is 1. The van der Waals surface area contributed by atoms with Crippen LogP contribution in [0.4, 0.5) is 0 Å². The highest BCUT2D eigenvalue weighted by molar-refractivity contribution is 5.96. The summed E-state index contributed by atoms with van der Waals surface area (Å²) in [6.07, 6.45) is 1.93. The molecule has 0 heterocycles. The number of hydrazine groups is 1. The minimum absolute atomic E-state index is 0.134. The molecule has 0 bridgehead atoms. The zero-order valence-corrected chi connectivity index (χ0v) is 16.5. The van der Waals surface area contributed by atoms with Gasteiger partial charge in [0.2, 0.25) is 5.91 Å². The van der Waals surface area contributed by atoms with E-state index in [2.05, 4.69) is 23.1 Å². The van der Waals surface area contributed by atoms with Crippen molar-refractivity contribution >= 4 is 17.7 Å². The number of hydrogen-bond acceptors (Lipinski definition) is 5. The first-order valence-corrected chi connectivity index (χ1v) is 8.98. The molecule has 3 N–H and O–H groups in total. The van der Waals surface area contributed by atoms with Gasteiger partial charge in [0.05, 0.1) is 13.7 Å². The molecule has 0 aliphatic rings. The summed E-state index contributed by atoms with van der Waals surface area (Å²) < 4.78 is 10.9. The number of carbonyl (C=O) groups is 3. The number of ether oxygens (including phenoxy) is 2. The maximum Gasteiger partial charge on any atom is 0.269 e. The van der Waals surface area contributed by atoms with Crippen LogP contribution < -0.4 is 25.6 Å². The maximum absolute atomic E-state index is 12.3. The number of hydrogen-bond donors (Lipinski definition) is 3. The maximum atomic E-state index is 12.3. The van der Waals surface area contributed by atoms with Crippen LogP contribution in [0.1, 0.15) is 50.9 Å². The number of unbranched alkanes of at least 4 members (excludes halogenated alkanes) is 1. The Labute approximate surface area is 160 Å². The Morgan fingerprint density at radius 1 is 1.11 bits per heavy atom. The van der Waals surface area contributed by atoms with Gasteiger partial charge in [0.1, 0.15) is 6.04 Å². The molecule has 0 saturated carbocycles. The predicted molar refractivity (Wildman–Crippen MR) is 101 cm³/mol. The van der Waals surface area contributed by atoms with Gasteiger partial charge in [-0.1, -0.05) is 27.2 Å². The second-order valence-corrected chi connectivity index (χ2v) is 6.43. The first-order chi connectivity index (χ1) is 12.8. The highest BCUT2D eigenvalue weighted by Gasteiger charge is 2.23. The molecule has 1 aromatic rings. The second kappa shape index (κ2) is 11.1. The quantitative estimate of drug-likeness (QED) is 0.448. The monoisotopic (exact) mass is 379 g/mol. The number of rotatable bonds is 9. The minimum Gasteiger partial charge on any atom is -0.493 e. The van der Waals surface area contributed by atoms with Crippen LogP contribution in [0.15, 0.2) is 18.2 Å². The van der Waals surface area contributed by atoms with E-state index in [1.165, 1.54) is 20.1 Å². The SMILES string of the molecule is CCCCOc1ccc(C(=O)NNC(=O)[C@H](NC(C)=O)C(C)C)cc1OC. The average Bonchev–Trinajstić information content (AvgIpc) is 2.63. The summed E-state index contributed by atoms with van der Waals surface area (Å²) in [5.74, 6) is -0.475. The number of carbonyl (C=O) groups excluding carboxylic acids is 3. The van der Waals surface area contributed by atoms with Crippen LogP contribution in [0.3, 0.4) is 0 Å². The van der Waals surface area contributed by atoms with Gasteiger partial charge in [-0.25, -0.2) is 0 Å². The van der Waals surface area contributed by atoms with E-state index in [1.807, 2.05) is 0 Å². The molecule has 8 heteroatoms. The van der Waals surface area contributed by atoms with E-state index in [9.17, 15) is 14.4 Å². The van der Waals surface area contributed by atoms with Gasteiger partial charge in [-0.3, -0.25) is 25.2 Å². The molecule has 0 radical (unpaired) electrons. The van der Waals surface area contributed by atoms with E-state index in [0.29, 0.717) is 23.7 Å². The molecular formula is C19H29N3O5. The average molecular weight is 379 g/mol. The molecule has 27 heavy (non-hydrogen) atoms. The van der Waals surface area contributed by atoms with E-state index in [1.54, 1.807) is 26.0 Å². The third kappa shape index (κ3) is 7.16. The van der Waals surface area contributed by atoms with Crippen LogP contribution in [0.5, 0.6) is 11.5 Å². The molecule has 150 valence electrons. The van der Waals surface area contributed by atoms with Gasteiger partial charge < -0.3 is 14.8 Å². The third-order valence-corrected chi connectivity index (χ3v) is 3.79. The smallest absolute Gasteiger partial charge is 0.269 e. The summed E-state index contributed by atoms with van der Waals surface area (Å²) in [6, 6.07) is 4.03. The lowest BCUT2D eigenvalue weighted by molar-refractivity contribution is -0.129. The Hall–Kier alpha value is -2.77. The van der Waals surface area contributed by atoms with Gasteiger partial charge in [0.15, 0.2) is 11.5 Å². The van der Waals surface area contributed by atoms with E-state index in [-0.39, 0.29) is 11.8 Å². The zero-order valence-electron chi connectivity index (χ0n) is 16.5. The highest BCUT2D eigenvalue weighted by Crippen LogP contribution is 2.28. The van der Waals surface area contributed by atoms with E-state index in [0.717, 1.165) is 12.8 Å². The number of amides is 3. The normalized spacial score (nSPS) is 11.5. The van der Waals surface area contributed by atoms with Crippen LogP contribution >= 0.6 is 0 Å². The van der Waals surface area contributed by atoms with Gasteiger partial charge in [-0.15, -0.1) is 0 Å². The zero-order chi connectivity index (χ0) is 20.4. The van der Waals surface area contributed by atoms with E-state index < -0.39 is 17.9 Å². The van der Waals surface area contributed by atoms with Crippen molar-refractivity contribution in [1.29, 1.82) is 0 Å². The molecule has 0 aromatic heterocycles. The van der Waals surface area contributed by atoms with Crippen LogP contribution in [-0.4, -0.2) is 37.5 Å². The summed E-state index contributed by atoms with van der Waals surface area (Å²) in [4.78, 5) is 35.7. The Bertz CT molecular complexity index is 661. The van der Waals surface area contributed by atoms with E-state index in [4.69, 9.17) is 9.47 Å². The molecule has 0 fully saturated rings. The molecule has 0 aliphatic carbocycles. The molecule has 1 rings (SSSR count). The molecule has 1 atom stereocenters. The van der Waals surface area contributed by atoms with Gasteiger partial charge in [0.25, 0.3) is 11.8 Å². The molecule has 0 saturated heterocycles. The topological polar surface area (TPSA) is 106 Å². The van der Waals surface area contributed by atoms with Crippen molar-refractivity contribution in [3.63, 3.8) is 0 Å². The Morgan fingerprint density at radius 3 is 2.37 bits per heavy atom. The Kier molecular flexibility index (Phi) is 9.12. The van der Waals surface area contributed by atoms with E-state index >= 15 is 0 Å². The first-order valence-electron chi connectivity index (χ1n) is 8.98.